The summed E-state index contributed by atoms with van der Waals surface area (Å²) in [5.41, 5.74) is 5.59. The van der Waals surface area contributed by atoms with Crippen molar-refractivity contribution < 1.29 is 9.36 Å². The van der Waals surface area contributed by atoms with Crippen molar-refractivity contribution in [2.24, 2.45) is 0 Å². The third-order valence-electron chi connectivity index (χ3n) is 1.55. The van der Waals surface area contributed by atoms with Crippen LogP contribution in [-0.4, -0.2) is 10.6 Å². The van der Waals surface area contributed by atoms with Gasteiger partial charge in [0.05, 0.1) is 6.20 Å². The van der Waals surface area contributed by atoms with Crippen LogP contribution in [-0.2, 0) is 11.3 Å². The van der Waals surface area contributed by atoms with Gasteiger partial charge in [-0.1, -0.05) is 29.3 Å². The minimum atomic E-state index is -0.993. The first kappa shape index (κ1) is 10.3. The number of rotatable bonds is 3. The second kappa shape index (κ2) is 4.44. The average molecular weight is 220 g/mol. The summed E-state index contributed by atoms with van der Waals surface area (Å²) in [5.74, 6) is 0.232. The second-order valence-electron chi connectivity index (χ2n) is 2.52. The molecule has 0 atom stereocenters. The van der Waals surface area contributed by atoms with Crippen molar-refractivity contribution in [3.8, 4) is 0 Å². The molecule has 0 aliphatic heterocycles. The van der Waals surface area contributed by atoms with Crippen molar-refractivity contribution in [3.05, 3.63) is 24.4 Å². The van der Waals surface area contributed by atoms with E-state index in [2.05, 4.69) is 0 Å². The molecule has 5 heteroatoms. The highest BCUT2D eigenvalue weighted by atomic mass is 35.5. The van der Waals surface area contributed by atoms with Crippen molar-refractivity contribution in [2.75, 3.05) is 5.73 Å². The molecule has 0 bridgehead atoms. The Hall–Kier alpha value is -0.800. The third kappa shape index (κ3) is 2.86. The van der Waals surface area contributed by atoms with Crippen LogP contribution in [0.5, 0.6) is 0 Å². The molecule has 0 spiro atoms. The van der Waals surface area contributed by atoms with Gasteiger partial charge >= 0.3 is 0 Å². The van der Waals surface area contributed by atoms with Crippen LogP contribution in [0.1, 0.15) is 0 Å². The molecule has 3 nitrogen and oxygen atoms in total. The lowest BCUT2D eigenvalue weighted by atomic mass is 10.4. The van der Waals surface area contributed by atoms with E-state index in [-0.39, 0.29) is 12.3 Å². The van der Waals surface area contributed by atoms with E-state index in [4.69, 9.17) is 28.9 Å². The van der Waals surface area contributed by atoms with Gasteiger partial charge in [0.15, 0.2) is 11.4 Å². The Bertz CT molecular complexity index is 315. The molecule has 0 unspecified atom stereocenters. The van der Waals surface area contributed by atoms with Crippen molar-refractivity contribution in [2.45, 2.75) is 11.4 Å². The van der Waals surface area contributed by atoms with E-state index < -0.39 is 4.84 Å². The third-order valence-corrected chi connectivity index (χ3v) is 2.03. The normalized spacial score (nSPS) is 10.4. The number of hydrogen-bond donors (Lipinski definition) is 1. The van der Waals surface area contributed by atoms with Crippen LogP contribution in [0.4, 0.5) is 5.82 Å². The summed E-state index contributed by atoms with van der Waals surface area (Å²) in [6, 6.07) is 5.26. The van der Waals surface area contributed by atoms with E-state index in [9.17, 15) is 4.79 Å². The lowest BCUT2D eigenvalue weighted by molar-refractivity contribution is -0.669. The van der Waals surface area contributed by atoms with Crippen LogP contribution < -0.4 is 10.3 Å². The molecular formula is C8H9Cl2N2O+. The number of Topliss-reactive ketones (excluding diaryl/α,β-unsaturated/α-hetero) is 1. The molecule has 0 aliphatic carbocycles. The van der Waals surface area contributed by atoms with Gasteiger partial charge < -0.3 is 0 Å². The molecule has 70 valence electrons. The van der Waals surface area contributed by atoms with Crippen LogP contribution in [0, 0.1) is 0 Å². The fraction of sp³-hybridized carbons (Fsp3) is 0.250. The van der Waals surface area contributed by atoms with Crippen molar-refractivity contribution in [3.63, 3.8) is 0 Å². The molecule has 0 amide bonds. The smallest absolute Gasteiger partial charge is 0.272 e. The van der Waals surface area contributed by atoms with Gasteiger partial charge in [-0.05, 0) is 6.07 Å². The lowest BCUT2D eigenvalue weighted by Gasteiger charge is -2.01. The van der Waals surface area contributed by atoms with Crippen molar-refractivity contribution >= 4 is 34.8 Å². The van der Waals surface area contributed by atoms with Gasteiger partial charge in [-0.3, -0.25) is 10.5 Å². The number of aromatic nitrogens is 1. The van der Waals surface area contributed by atoms with Gasteiger partial charge in [0.25, 0.3) is 5.82 Å². The fourth-order valence-electron chi connectivity index (χ4n) is 0.870. The van der Waals surface area contributed by atoms with Gasteiger partial charge in [-0.15, -0.1) is 0 Å². The Morgan fingerprint density at radius 1 is 1.54 bits per heavy atom. The monoisotopic (exact) mass is 219 g/mol. The van der Waals surface area contributed by atoms with Gasteiger partial charge in [-0.25, -0.2) is 4.57 Å². The quantitative estimate of drug-likeness (QED) is 0.608. The lowest BCUT2D eigenvalue weighted by Crippen LogP contribution is -2.41. The topological polar surface area (TPSA) is 47.0 Å². The highest BCUT2D eigenvalue weighted by Crippen LogP contribution is 2.03. The zero-order valence-corrected chi connectivity index (χ0v) is 8.29. The summed E-state index contributed by atoms with van der Waals surface area (Å²) in [5, 5.41) is 0. The van der Waals surface area contributed by atoms with E-state index in [0.29, 0.717) is 5.82 Å². The number of pyridine rings is 1. The Balaban J connectivity index is 2.75. The molecule has 0 aromatic carbocycles. The number of ketones is 1. The van der Waals surface area contributed by atoms with E-state index in [1.807, 2.05) is 0 Å². The summed E-state index contributed by atoms with van der Waals surface area (Å²) < 4.78 is 1.58. The molecule has 1 aromatic heterocycles. The number of nitrogens with zero attached hydrogens (tertiary/aromatic N) is 1. The standard InChI is InChI=1S/C8H8Cl2N2O/c9-8(10)6(13)5-12-4-2-1-3-7(12)11/h1-4,8,11H,5H2/p+1. The Morgan fingerprint density at radius 3 is 2.77 bits per heavy atom. The zero-order valence-electron chi connectivity index (χ0n) is 6.78. The number of nitrogen functional groups attached to an aromatic ring is 1. The van der Waals surface area contributed by atoms with Crippen LogP contribution in [0.15, 0.2) is 24.4 Å². The molecule has 1 rings (SSSR count). The maximum absolute atomic E-state index is 11.1. The molecular weight excluding hydrogens is 211 g/mol. The first-order valence-electron chi connectivity index (χ1n) is 3.66. The number of carbonyl (C=O) groups excluding carboxylic acids is 1. The van der Waals surface area contributed by atoms with Gasteiger partial charge in [0.1, 0.15) is 0 Å². The summed E-state index contributed by atoms with van der Waals surface area (Å²) >= 11 is 10.8. The molecule has 0 aliphatic rings. The predicted octanol–water partition coefficient (Wildman–Crippen LogP) is 0.929. The van der Waals surface area contributed by atoms with Gasteiger partial charge in [0.2, 0.25) is 5.78 Å². The number of halogens is 2. The molecule has 1 heterocycles. The maximum atomic E-state index is 11.1. The zero-order chi connectivity index (χ0) is 9.84. The number of alkyl halides is 2. The average Bonchev–Trinajstić information content (AvgIpc) is 2.08. The highest BCUT2D eigenvalue weighted by molar-refractivity contribution is 6.53. The maximum Gasteiger partial charge on any atom is 0.272 e. The van der Waals surface area contributed by atoms with E-state index >= 15 is 0 Å². The van der Waals surface area contributed by atoms with Gasteiger partial charge in [0, 0.05) is 6.07 Å². The number of anilines is 1. The first-order chi connectivity index (χ1) is 6.11. The van der Waals surface area contributed by atoms with Crippen LogP contribution in [0.2, 0.25) is 0 Å². The summed E-state index contributed by atoms with van der Waals surface area (Å²) in [4.78, 5) is 10.1. The van der Waals surface area contributed by atoms with Crippen LogP contribution >= 0.6 is 23.2 Å². The summed E-state index contributed by atoms with van der Waals surface area (Å²) in [7, 11) is 0. The minimum Gasteiger partial charge on any atom is -0.292 e. The molecule has 0 fully saturated rings. The molecule has 13 heavy (non-hydrogen) atoms. The summed E-state index contributed by atoms with van der Waals surface area (Å²) in [6.07, 6.45) is 1.70. The molecule has 0 saturated carbocycles. The van der Waals surface area contributed by atoms with Crippen molar-refractivity contribution in [1.82, 2.24) is 0 Å². The largest absolute Gasteiger partial charge is 0.292 e. The van der Waals surface area contributed by atoms with E-state index in [1.165, 1.54) is 0 Å². The first-order valence-corrected chi connectivity index (χ1v) is 4.53. The minimum absolute atomic E-state index is 0.102. The van der Waals surface area contributed by atoms with Crippen molar-refractivity contribution in [1.29, 1.82) is 0 Å². The van der Waals surface area contributed by atoms with Crippen LogP contribution in [0.25, 0.3) is 0 Å². The SMILES string of the molecule is Nc1cccc[n+]1CC(=O)C(Cl)Cl. The second-order valence-corrected chi connectivity index (χ2v) is 3.62. The van der Waals surface area contributed by atoms with Gasteiger partial charge in [-0.2, -0.15) is 0 Å². The van der Waals surface area contributed by atoms with E-state index in [1.54, 1.807) is 29.0 Å². The van der Waals surface area contributed by atoms with Crippen LogP contribution in [0.3, 0.4) is 0 Å². The Kier molecular flexibility index (Phi) is 3.51. The number of carbonyl (C=O) groups is 1. The summed E-state index contributed by atoms with van der Waals surface area (Å²) in [6.45, 7) is 0.102. The molecule has 0 radical (unpaired) electrons. The molecule has 1 aromatic rings. The molecule has 0 saturated heterocycles. The Labute approximate surface area is 86.1 Å². The fourth-order valence-corrected chi connectivity index (χ4v) is 1.01. The highest BCUT2D eigenvalue weighted by Gasteiger charge is 2.15. The van der Waals surface area contributed by atoms with E-state index in [0.717, 1.165) is 0 Å². The number of hydrogen-bond acceptors (Lipinski definition) is 2. The molecule has 2 N–H and O–H groups in total. The predicted molar refractivity (Wildman–Crippen MR) is 51.6 cm³/mol. The Morgan fingerprint density at radius 2 is 2.23 bits per heavy atom. The number of nitrogens with two attached hydrogens (primary N) is 1.